The van der Waals surface area contributed by atoms with Crippen LogP contribution in [0.4, 0.5) is 0 Å². The molecule has 0 spiro atoms. The molecule has 0 bridgehead atoms. The van der Waals surface area contributed by atoms with Crippen LogP contribution in [0.25, 0.3) is 0 Å². The first-order valence-corrected chi connectivity index (χ1v) is 8.04. The normalized spacial score (nSPS) is 19.7. The van der Waals surface area contributed by atoms with Crippen molar-refractivity contribution in [2.75, 3.05) is 19.3 Å². The number of benzene rings is 1. The first-order valence-electron chi connectivity index (χ1n) is 6.14. The molecule has 1 fully saturated rings. The Balaban J connectivity index is 2.34. The highest BCUT2D eigenvalue weighted by Gasteiger charge is 2.25. The first-order chi connectivity index (χ1) is 8.79. The van der Waals surface area contributed by atoms with E-state index in [0.717, 1.165) is 12.7 Å². The van der Waals surface area contributed by atoms with E-state index in [-0.39, 0.29) is 16.8 Å². The number of sulfone groups is 1. The summed E-state index contributed by atoms with van der Waals surface area (Å²) in [5.41, 5.74) is 6.83. The Hall–Kier alpha value is -1.40. The van der Waals surface area contributed by atoms with Gasteiger partial charge in [-0.3, -0.25) is 4.79 Å². The summed E-state index contributed by atoms with van der Waals surface area (Å²) < 4.78 is 23.3. The van der Waals surface area contributed by atoms with Crippen molar-refractivity contribution in [1.29, 1.82) is 0 Å². The summed E-state index contributed by atoms with van der Waals surface area (Å²) in [6.07, 6.45) is 1.94. The summed E-state index contributed by atoms with van der Waals surface area (Å²) in [4.78, 5) is 14.1. The minimum Gasteiger partial charge on any atom is -0.337 e. The standard InChI is InChI=1S/C13H18N2O3S/c1-9-3-4-10(7-12(9)19(2,17)18)13(16)15-6-5-11(14)8-15/h3-4,7,11H,5-6,8,14H2,1-2H3/t11-/m0/s1. The maximum Gasteiger partial charge on any atom is 0.253 e. The maximum absolute atomic E-state index is 12.3. The van der Waals surface area contributed by atoms with Crippen molar-refractivity contribution in [3.05, 3.63) is 29.3 Å². The fourth-order valence-electron chi connectivity index (χ4n) is 2.29. The lowest BCUT2D eigenvalue weighted by Crippen LogP contribution is -2.32. The average molecular weight is 282 g/mol. The Kier molecular flexibility index (Phi) is 3.64. The lowest BCUT2D eigenvalue weighted by atomic mass is 10.1. The van der Waals surface area contributed by atoms with Crippen molar-refractivity contribution < 1.29 is 13.2 Å². The number of nitrogens with zero attached hydrogens (tertiary/aromatic N) is 1. The SMILES string of the molecule is Cc1ccc(C(=O)N2CC[C@H](N)C2)cc1S(C)(=O)=O. The van der Waals surface area contributed by atoms with Crippen molar-refractivity contribution in [3.8, 4) is 0 Å². The van der Waals surface area contributed by atoms with Crippen molar-refractivity contribution in [2.45, 2.75) is 24.3 Å². The molecule has 1 heterocycles. The van der Waals surface area contributed by atoms with Crippen LogP contribution in [0.5, 0.6) is 0 Å². The molecule has 104 valence electrons. The van der Waals surface area contributed by atoms with Gasteiger partial charge in [0.15, 0.2) is 9.84 Å². The van der Waals surface area contributed by atoms with Crippen LogP contribution in [0.2, 0.25) is 0 Å². The van der Waals surface area contributed by atoms with Crippen LogP contribution in [0, 0.1) is 6.92 Å². The van der Waals surface area contributed by atoms with Gasteiger partial charge in [0.05, 0.1) is 4.90 Å². The topological polar surface area (TPSA) is 80.5 Å². The number of carbonyl (C=O) groups excluding carboxylic acids is 1. The van der Waals surface area contributed by atoms with Gasteiger partial charge in [0, 0.05) is 31.0 Å². The van der Waals surface area contributed by atoms with Gasteiger partial charge in [-0.1, -0.05) is 6.07 Å². The fourth-order valence-corrected chi connectivity index (χ4v) is 3.28. The third-order valence-electron chi connectivity index (χ3n) is 3.35. The number of nitrogens with two attached hydrogens (primary N) is 1. The largest absolute Gasteiger partial charge is 0.337 e. The van der Waals surface area contributed by atoms with Gasteiger partial charge in [-0.05, 0) is 31.0 Å². The number of likely N-dealkylation sites (tertiary alicyclic amines) is 1. The monoisotopic (exact) mass is 282 g/mol. The highest BCUT2D eigenvalue weighted by Crippen LogP contribution is 2.19. The molecule has 19 heavy (non-hydrogen) atoms. The molecule has 0 aromatic heterocycles. The predicted octanol–water partition coefficient (Wildman–Crippen LogP) is 0.572. The van der Waals surface area contributed by atoms with E-state index in [1.807, 2.05) is 0 Å². The van der Waals surface area contributed by atoms with Gasteiger partial charge < -0.3 is 10.6 Å². The minimum absolute atomic E-state index is 0.0174. The predicted molar refractivity (Wildman–Crippen MR) is 72.8 cm³/mol. The van der Waals surface area contributed by atoms with E-state index in [0.29, 0.717) is 24.2 Å². The summed E-state index contributed by atoms with van der Waals surface area (Å²) >= 11 is 0. The number of hydrogen-bond donors (Lipinski definition) is 1. The van der Waals surface area contributed by atoms with Gasteiger partial charge >= 0.3 is 0 Å². The molecule has 1 saturated heterocycles. The summed E-state index contributed by atoms with van der Waals surface area (Å²) in [5, 5.41) is 0. The van der Waals surface area contributed by atoms with Gasteiger partial charge in [0.2, 0.25) is 0 Å². The van der Waals surface area contributed by atoms with Crippen molar-refractivity contribution >= 4 is 15.7 Å². The van der Waals surface area contributed by atoms with Gasteiger partial charge in [0.25, 0.3) is 5.91 Å². The van der Waals surface area contributed by atoms with Crippen molar-refractivity contribution in [2.24, 2.45) is 5.73 Å². The van der Waals surface area contributed by atoms with E-state index < -0.39 is 9.84 Å². The van der Waals surface area contributed by atoms with E-state index in [4.69, 9.17) is 5.73 Å². The molecular formula is C13H18N2O3S. The van der Waals surface area contributed by atoms with Crippen molar-refractivity contribution in [1.82, 2.24) is 4.90 Å². The van der Waals surface area contributed by atoms with E-state index in [1.54, 1.807) is 24.0 Å². The zero-order valence-corrected chi connectivity index (χ0v) is 11.9. The second-order valence-corrected chi connectivity index (χ2v) is 7.04. The third kappa shape index (κ3) is 2.96. The minimum atomic E-state index is -3.32. The highest BCUT2D eigenvalue weighted by atomic mass is 32.2. The van der Waals surface area contributed by atoms with E-state index in [9.17, 15) is 13.2 Å². The quantitative estimate of drug-likeness (QED) is 0.860. The molecule has 1 amide bonds. The lowest BCUT2D eigenvalue weighted by molar-refractivity contribution is 0.0790. The summed E-state index contributed by atoms with van der Waals surface area (Å²) in [6.45, 7) is 2.87. The molecule has 1 aliphatic heterocycles. The Morgan fingerprint density at radius 2 is 2.11 bits per heavy atom. The Morgan fingerprint density at radius 3 is 2.63 bits per heavy atom. The highest BCUT2D eigenvalue weighted by molar-refractivity contribution is 7.90. The molecule has 1 aliphatic rings. The van der Waals surface area contributed by atoms with Gasteiger partial charge in [-0.2, -0.15) is 0 Å². The van der Waals surface area contributed by atoms with E-state index in [2.05, 4.69) is 0 Å². The smallest absolute Gasteiger partial charge is 0.253 e. The van der Waals surface area contributed by atoms with E-state index in [1.165, 1.54) is 6.07 Å². The number of rotatable bonds is 2. The second-order valence-electron chi connectivity index (χ2n) is 5.05. The molecule has 0 aliphatic carbocycles. The molecule has 1 atom stereocenters. The van der Waals surface area contributed by atoms with Gasteiger partial charge in [-0.25, -0.2) is 8.42 Å². The lowest BCUT2D eigenvalue weighted by Gasteiger charge is -2.16. The van der Waals surface area contributed by atoms with Crippen LogP contribution in [-0.4, -0.2) is 44.6 Å². The summed E-state index contributed by atoms with van der Waals surface area (Å²) in [7, 11) is -3.32. The molecule has 5 nitrogen and oxygen atoms in total. The van der Waals surface area contributed by atoms with Crippen LogP contribution >= 0.6 is 0 Å². The Morgan fingerprint density at radius 1 is 1.42 bits per heavy atom. The second kappa shape index (κ2) is 4.94. The molecule has 6 heteroatoms. The summed E-state index contributed by atoms with van der Waals surface area (Å²) in [6, 6.07) is 4.80. The van der Waals surface area contributed by atoms with Gasteiger partial charge in [0.1, 0.15) is 0 Å². The van der Waals surface area contributed by atoms with Crippen LogP contribution in [-0.2, 0) is 9.84 Å². The molecule has 0 saturated carbocycles. The van der Waals surface area contributed by atoms with Crippen LogP contribution in [0.1, 0.15) is 22.3 Å². The van der Waals surface area contributed by atoms with Gasteiger partial charge in [-0.15, -0.1) is 0 Å². The van der Waals surface area contributed by atoms with Crippen LogP contribution in [0.3, 0.4) is 0 Å². The molecular weight excluding hydrogens is 264 g/mol. The number of amides is 1. The summed E-state index contributed by atoms with van der Waals surface area (Å²) in [5.74, 6) is -0.155. The molecule has 2 rings (SSSR count). The molecule has 1 aromatic rings. The Bertz CT molecular complexity index is 610. The van der Waals surface area contributed by atoms with Crippen molar-refractivity contribution in [3.63, 3.8) is 0 Å². The first kappa shape index (κ1) is 14.0. The van der Waals surface area contributed by atoms with Crippen LogP contribution < -0.4 is 5.73 Å². The molecule has 0 unspecified atom stereocenters. The average Bonchev–Trinajstić information content (AvgIpc) is 2.74. The zero-order chi connectivity index (χ0) is 14.2. The number of aryl methyl sites for hydroxylation is 1. The number of hydrogen-bond acceptors (Lipinski definition) is 4. The zero-order valence-electron chi connectivity index (χ0n) is 11.1. The fraction of sp³-hybridized carbons (Fsp3) is 0.462. The molecule has 2 N–H and O–H groups in total. The third-order valence-corrected chi connectivity index (χ3v) is 4.59. The van der Waals surface area contributed by atoms with E-state index >= 15 is 0 Å². The molecule has 1 aromatic carbocycles. The molecule has 0 radical (unpaired) electrons. The van der Waals surface area contributed by atoms with Crippen LogP contribution in [0.15, 0.2) is 23.1 Å². The Labute approximate surface area is 113 Å². The maximum atomic E-state index is 12.3. The number of carbonyl (C=O) groups is 1.